The predicted molar refractivity (Wildman–Crippen MR) is 84.7 cm³/mol. The molecule has 3 rings (SSSR count). The Balaban J connectivity index is 1.85. The third kappa shape index (κ3) is 3.00. The van der Waals surface area contributed by atoms with Gasteiger partial charge in [0.05, 0.1) is 6.61 Å². The first-order valence-electron chi connectivity index (χ1n) is 7.53. The highest BCUT2D eigenvalue weighted by molar-refractivity contribution is 5.37. The molecule has 3 heteroatoms. The van der Waals surface area contributed by atoms with Crippen LogP contribution in [-0.2, 0) is 6.54 Å². The van der Waals surface area contributed by atoms with E-state index in [2.05, 4.69) is 53.4 Å². The molecule has 1 aliphatic rings. The van der Waals surface area contributed by atoms with E-state index in [-0.39, 0.29) is 12.6 Å². The van der Waals surface area contributed by atoms with Gasteiger partial charge in [-0.1, -0.05) is 54.6 Å². The van der Waals surface area contributed by atoms with Crippen molar-refractivity contribution in [2.24, 2.45) is 5.73 Å². The summed E-state index contributed by atoms with van der Waals surface area (Å²) in [5.41, 5.74) is 10.1. The number of aliphatic hydroxyl groups is 1. The molecule has 0 fully saturated rings. The summed E-state index contributed by atoms with van der Waals surface area (Å²) >= 11 is 0. The molecule has 21 heavy (non-hydrogen) atoms. The molecule has 2 aromatic rings. The quantitative estimate of drug-likeness (QED) is 0.886. The van der Waals surface area contributed by atoms with Gasteiger partial charge in [0.15, 0.2) is 0 Å². The summed E-state index contributed by atoms with van der Waals surface area (Å²) in [5, 5.41) is 9.42. The predicted octanol–water partition coefficient (Wildman–Crippen LogP) is 2.63. The first kappa shape index (κ1) is 14.3. The van der Waals surface area contributed by atoms with Gasteiger partial charge in [0, 0.05) is 25.2 Å². The van der Waals surface area contributed by atoms with E-state index in [0.29, 0.717) is 12.6 Å². The average Bonchev–Trinajstić information content (AvgIpc) is 2.86. The van der Waals surface area contributed by atoms with E-state index in [1.165, 1.54) is 16.7 Å². The van der Waals surface area contributed by atoms with E-state index in [1.807, 2.05) is 6.07 Å². The van der Waals surface area contributed by atoms with Gasteiger partial charge in [0.1, 0.15) is 0 Å². The van der Waals surface area contributed by atoms with Crippen LogP contribution in [0.3, 0.4) is 0 Å². The summed E-state index contributed by atoms with van der Waals surface area (Å²) in [4.78, 5) is 2.33. The smallest absolute Gasteiger partial charge is 0.0558 e. The van der Waals surface area contributed by atoms with Crippen molar-refractivity contribution in [2.45, 2.75) is 25.0 Å². The summed E-state index contributed by atoms with van der Waals surface area (Å²) in [6.07, 6.45) is 0.923. The lowest BCUT2D eigenvalue weighted by atomic mass is 10.1. The summed E-state index contributed by atoms with van der Waals surface area (Å²) in [6.45, 7) is 1.68. The van der Waals surface area contributed by atoms with Crippen LogP contribution in [0.5, 0.6) is 0 Å². The molecule has 0 aromatic heterocycles. The van der Waals surface area contributed by atoms with E-state index in [0.717, 1.165) is 13.0 Å². The molecule has 3 N–H and O–H groups in total. The monoisotopic (exact) mass is 282 g/mol. The van der Waals surface area contributed by atoms with Crippen LogP contribution in [0, 0.1) is 0 Å². The van der Waals surface area contributed by atoms with Crippen molar-refractivity contribution >= 4 is 0 Å². The molecule has 1 aliphatic carbocycles. The minimum atomic E-state index is 0.100. The van der Waals surface area contributed by atoms with Crippen LogP contribution in [0.25, 0.3) is 0 Å². The minimum Gasteiger partial charge on any atom is -0.395 e. The molecule has 2 unspecified atom stereocenters. The maximum atomic E-state index is 9.42. The zero-order chi connectivity index (χ0) is 14.7. The highest BCUT2D eigenvalue weighted by Crippen LogP contribution is 2.41. The van der Waals surface area contributed by atoms with E-state index in [9.17, 15) is 5.11 Å². The van der Waals surface area contributed by atoms with Gasteiger partial charge in [-0.2, -0.15) is 0 Å². The Morgan fingerprint density at radius 3 is 2.38 bits per heavy atom. The van der Waals surface area contributed by atoms with Crippen molar-refractivity contribution in [3.63, 3.8) is 0 Å². The molecule has 2 aromatic carbocycles. The number of benzene rings is 2. The Hall–Kier alpha value is -1.68. The van der Waals surface area contributed by atoms with E-state index >= 15 is 0 Å². The molecule has 2 atom stereocenters. The molecule has 3 nitrogen and oxygen atoms in total. The Morgan fingerprint density at radius 1 is 1.00 bits per heavy atom. The molecular weight excluding hydrogens is 260 g/mol. The molecule has 0 amide bonds. The summed E-state index contributed by atoms with van der Waals surface area (Å²) in [5.74, 6) is 0. The number of rotatable bonds is 5. The van der Waals surface area contributed by atoms with Gasteiger partial charge in [-0.25, -0.2) is 0 Å². The van der Waals surface area contributed by atoms with E-state index in [4.69, 9.17) is 5.73 Å². The Labute approximate surface area is 126 Å². The Bertz CT molecular complexity index is 585. The lowest BCUT2D eigenvalue weighted by Gasteiger charge is -2.29. The molecule has 0 heterocycles. The van der Waals surface area contributed by atoms with Crippen molar-refractivity contribution in [2.75, 3.05) is 13.2 Å². The number of hydrogen-bond donors (Lipinski definition) is 2. The van der Waals surface area contributed by atoms with Crippen molar-refractivity contribution < 1.29 is 5.11 Å². The van der Waals surface area contributed by atoms with Gasteiger partial charge in [-0.3, -0.25) is 4.90 Å². The van der Waals surface area contributed by atoms with Crippen molar-refractivity contribution in [3.8, 4) is 0 Å². The third-order valence-corrected chi connectivity index (χ3v) is 4.29. The van der Waals surface area contributed by atoms with Gasteiger partial charge in [-0.05, 0) is 23.1 Å². The van der Waals surface area contributed by atoms with Gasteiger partial charge in [-0.15, -0.1) is 0 Å². The van der Waals surface area contributed by atoms with Crippen LogP contribution in [0.2, 0.25) is 0 Å². The third-order valence-electron chi connectivity index (χ3n) is 4.29. The maximum absolute atomic E-state index is 9.42. The minimum absolute atomic E-state index is 0.100. The highest BCUT2D eigenvalue weighted by Gasteiger charge is 2.32. The van der Waals surface area contributed by atoms with Crippen molar-refractivity contribution in [1.29, 1.82) is 0 Å². The molecule has 0 aliphatic heterocycles. The average molecular weight is 282 g/mol. The molecule has 0 saturated heterocycles. The molecule has 0 bridgehead atoms. The van der Waals surface area contributed by atoms with Crippen LogP contribution >= 0.6 is 0 Å². The fourth-order valence-corrected chi connectivity index (χ4v) is 3.28. The molecular formula is C18H22N2O. The van der Waals surface area contributed by atoms with Crippen molar-refractivity contribution in [1.82, 2.24) is 4.90 Å². The van der Waals surface area contributed by atoms with Crippen molar-refractivity contribution in [3.05, 3.63) is 71.3 Å². The Morgan fingerprint density at radius 2 is 1.67 bits per heavy atom. The van der Waals surface area contributed by atoms with E-state index < -0.39 is 0 Å². The number of nitrogens with zero attached hydrogens (tertiary/aromatic N) is 1. The second-order valence-corrected chi connectivity index (χ2v) is 5.67. The fraction of sp³-hybridized carbons (Fsp3) is 0.333. The largest absolute Gasteiger partial charge is 0.395 e. The summed E-state index contributed by atoms with van der Waals surface area (Å²) in [6, 6.07) is 19.2. The first-order chi connectivity index (χ1) is 10.3. The Kier molecular flexibility index (Phi) is 4.34. The molecule has 110 valence electrons. The van der Waals surface area contributed by atoms with Crippen LogP contribution in [0.4, 0.5) is 0 Å². The lowest BCUT2D eigenvalue weighted by molar-refractivity contribution is 0.140. The maximum Gasteiger partial charge on any atom is 0.0558 e. The van der Waals surface area contributed by atoms with Gasteiger partial charge < -0.3 is 10.8 Å². The van der Waals surface area contributed by atoms with E-state index in [1.54, 1.807) is 0 Å². The fourth-order valence-electron chi connectivity index (χ4n) is 3.28. The summed E-state index contributed by atoms with van der Waals surface area (Å²) < 4.78 is 0. The second-order valence-electron chi connectivity index (χ2n) is 5.67. The number of hydrogen-bond acceptors (Lipinski definition) is 3. The summed E-state index contributed by atoms with van der Waals surface area (Å²) in [7, 11) is 0. The molecule has 0 spiro atoms. The first-order valence-corrected chi connectivity index (χ1v) is 7.53. The van der Waals surface area contributed by atoms with Crippen LogP contribution in [0.15, 0.2) is 54.6 Å². The number of aliphatic hydroxyl groups excluding tert-OH is 1. The number of fused-ring (bicyclic) bond motifs is 1. The number of nitrogens with two attached hydrogens (primary N) is 1. The molecule has 0 radical (unpaired) electrons. The van der Waals surface area contributed by atoms with Gasteiger partial charge in [0.25, 0.3) is 0 Å². The normalized spacial score (nSPS) is 20.7. The zero-order valence-corrected chi connectivity index (χ0v) is 12.2. The van der Waals surface area contributed by atoms with Gasteiger partial charge in [0.2, 0.25) is 0 Å². The van der Waals surface area contributed by atoms with Crippen LogP contribution < -0.4 is 5.73 Å². The molecule has 0 saturated carbocycles. The van der Waals surface area contributed by atoms with Crippen LogP contribution in [-0.4, -0.2) is 23.2 Å². The highest BCUT2D eigenvalue weighted by atomic mass is 16.3. The zero-order valence-electron chi connectivity index (χ0n) is 12.2. The van der Waals surface area contributed by atoms with Gasteiger partial charge >= 0.3 is 0 Å². The lowest BCUT2D eigenvalue weighted by Crippen LogP contribution is -2.30. The SMILES string of the molecule is NC1CC(N(CCO)Cc2ccccc2)c2ccccc21. The van der Waals surface area contributed by atoms with Crippen LogP contribution in [0.1, 0.15) is 35.2 Å². The second kappa shape index (κ2) is 6.39. The standard InChI is InChI=1S/C18H22N2O/c19-17-12-18(16-9-5-4-8-15(16)17)20(10-11-21)13-14-6-2-1-3-7-14/h1-9,17-18,21H,10-13,19H2. The topological polar surface area (TPSA) is 49.5 Å².